The minimum Gasteiger partial charge on any atom is -0.262 e. The third-order valence-corrected chi connectivity index (χ3v) is 0.520. The van der Waals surface area contributed by atoms with E-state index in [9.17, 15) is 8.42 Å². The van der Waals surface area contributed by atoms with Crippen LogP contribution in [0.15, 0.2) is 0 Å². The number of rotatable bonds is 3. The second-order valence-corrected chi connectivity index (χ2v) is 1.89. The van der Waals surface area contributed by atoms with Crippen LogP contribution >= 0.6 is 0 Å². The quantitative estimate of drug-likeness (QED) is 0.334. The average Bonchev–Trinajstić information content (AvgIpc) is 1.59. The van der Waals surface area contributed by atoms with Gasteiger partial charge in [0.15, 0.2) is 0 Å². The van der Waals surface area contributed by atoms with Gasteiger partial charge in [-0.1, -0.05) is 4.33 Å². The van der Waals surface area contributed by atoms with Gasteiger partial charge in [-0.3, -0.25) is 4.55 Å². The predicted molar refractivity (Wildman–Crippen MR) is 24.3 cm³/mol. The lowest BCUT2D eigenvalue weighted by molar-refractivity contribution is -0.203. The summed E-state index contributed by atoms with van der Waals surface area (Å²) >= 11 is 0. The fourth-order valence-corrected chi connectivity index (χ4v) is 0.327. The van der Waals surface area contributed by atoms with Crippen LogP contribution in [-0.4, -0.2) is 19.6 Å². The Morgan fingerprint density at radius 2 is 2.12 bits per heavy atom. The minimum absolute atomic E-state index is 0.0692. The Balaban J connectivity index is 3.42. The van der Waals surface area contributed by atoms with Crippen molar-refractivity contribution in [3.8, 4) is 0 Å². The lowest BCUT2D eigenvalue weighted by Crippen LogP contribution is -2.03. The molecule has 0 amide bonds. The monoisotopic (exact) mass is 142 g/mol. The highest BCUT2D eigenvalue weighted by molar-refractivity contribution is 7.80. The van der Waals surface area contributed by atoms with Crippen LogP contribution in [0.1, 0.15) is 6.92 Å². The maximum Gasteiger partial charge on any atom is 0.424 e. The van der Waals surface area contributed by atoms with Crippen LogP contribution in [0, 0.1) is 0 Å². The summed E-state index contributed by atoms with van der Waals surface area (Å²) in [5.41, 5.74) is 0. The molecule has 0 rings (SSSR count). The fourth-order valence-electron chi connectivity index (χ4n) is 0.109. The van der Waals surface area contributed by atoms with Gasteiger partial charge in [0.05, 0.1) is 6.61 Å². The summed E-state index contributed by atoms with van der Waals surface area (Å²) in [7, 11) is -4.41. The Morgan fingerprint density at radius 3 is 2.25 bits per heavy atom. The molecule has 8 heavy (non-hydrogen) atoms. The van der Waals surface area contributed by atoms with Crippen LogP contribution in [-0.2, 0) is 19.6 Å². The van der Waals surface area contributed by atoms with Crippen molar-refractivity contribution in [2.24, 2.45) is 0 Å². The molecule has 0 aliphatic heterocycles. The molecule has 0 bridgehead atoms. The van der Waals surface area contributed by atoms with Crippen LogP contribution in [0.5, 0.6) is 0 Å². The van der Waals surface area contributed by atoms with E-state index in [1.165, 1.54) is 6.92 Å². The van der Waals surface area contributed by atoms with Crippen LogP contribution in [0.25, 0.3) is 0 Å². The van der Waals surface area contributed by atoms with E-state index in [-0.39, 0.29) is 6.61 Å². The van der Waals surface area contributed by atoms with Crippen molar-refractivity contribution in [2.75, 3.05) is 6.61 Å². The van der Waals surface area contributed by atoms with E-state index in [0.717, 1.165) is 0 Å². The summed E-state index contributed by atoms with van der Waals surface area (Å²) in [6.45, 7) is 1.59. The predicted octanol–water partition coefficient (Wildman–Crippen LogP) is -0.243. The Kier molecular flexibility index (Phi) is 2.91. The van der Waals surface area contributed by atoms with Gasteiger partial charge in [0, 0.05) is 0 Å². The summed E-state index contributed by atoms with van der Waals surface area (Å²) in [5, 5.41) is 0. The van der Waals surface area contributed by atoms with E-state index in [4.69, 9.17) is 4.55 Å². The summed E-state index contributed by atoms with van der Waals surface area (Å²) in [5.74, 6) is 0. The highest BCUT2D eigenvalue weighted by Crippen LogP contribution is 1.85. The molecule has 5 nitrogen and oxygen atoms in total. The normalized spacial score (nSPS) is 11.8. The largest absolute Gasteiger partial charge is 0.424 e. The summed E-state index contributed by atoms with van der Waals surface area (Å²) < 4.78 is 30.4. The van der Waals surface area contributed by atoms with Gasteiger partial charge in [0.1, 0.15) is 0 Å². The molecule has 0 spiro atoms. The molecule has 0 aliphatic carbocycles. The summed E-state index contributed by atoms with van der Waals surface area (Å²) in [6.07, 6.45) is 0. The Morgan fingerprint density at radius 1 is 1.62 bits per heavy atom. The van der Waals surface area contributed by atoms with Gasteiger partial charge < -0.3 is 0 Å². The smallest absolute Gasteiger partial charge is 0.262 e. The maximum absolute atomic E-state index is 9.60. The van der Waals surface area contributed by atoms with Crippen molar-refractivity contribution >= 4 is 10.4 Å². The zero-order valence-electron chi connectivity index (χ0n) is 4.20. The van der Waals surface area contributed by atoms with Gasteiger partial charge in [-0.25, -0.2) is 4.89 Å². The molecule has 0 aromatic carbocycles. The van der Waals surface area contributed by atoms with E-state index in [1.54, 1.807) is 0 Å². The number of hydrogen-bond donors (Lipinski definition) is 1. The van der Waals surface area contributed by atoms with Crippen LogP contribution < -0.4 is 0 Å². The van der Waals surface area contributed by atoms with Crippen LogP contribution in [0.3, 0.4) is 0 Å². The van der Waals surface area contributed by atoms with Gasteiger partial charge >= 0.3 is 10.4 Å². The Labute approximate surface area is 47.1 Å². The molecule has 0 aromatic heterocycles. The van der Waals surface area contributed by atoms with Gasteiger partial charge in [-0.15, -0.1) is 0 Å². The third kappa shape index (κ3) is 5.83. The van der Waals surface area contributed by atoms with Gasteiger partial charge in [-0.05, 0) is 6.92 Å². The highest BCUT2D eigenvalue weighted by atomic mass is 32.3. The second-order valence-electron chi connectivity index (χ2n) is 0.902. The maximum atomic E-state index is 9.60. The average molecular weight is 142 g/mol. The molecule has 0 saturated heterocycles. The van der Waals surface area contributed by atoms with Crippen molar-refractivity contribution in [2.45, 2.75) is 6.92 Å². The van der Waals surface area contributed by atoms with Crippen LogP contribution in [0.4, 0.5) is 0 Å². The van der Waals surface area contributed by atoms with E-state index in [0.29, 0.717) is 0 Å². The van der Waals surface area contributed by atoms with Crippen molar-refractivity contribution in [3.63, 3.8) is 0 Å². The van der Waals surface area contributed by atoms with Crippen molar-refractivity contribution < 1.29 is 22.2 Å². The van der Waals surface area contributed by atoms with Crippen LogP contribution in [0.2, 0.25) is 0 Å². The summed E-state index contributed by atoms with van der Waals surface area (Å²) in [4.78, 5) is 3.86. The number of hydrogen-bond acceptors (Lipinski definition) is 4. The lowest BCUT2D eigenvalue weighted by atomic mass is 10.9. The standard InChI is InChI=1S/C2H6O5S/c1-2-6-7-8(3,4)5/h2H2,1H3,(H,3,4,5). The second kappa shape index (κ2) is 2.98. The topological polar surface area (TPSA) is 72.8 Å². The minimum atomic E-state index is -4.41. The molecule has 0 aromatic rings. The lowest BCUT2D eigenvalue weighted by Gasteiger charge is -1.92. The van der Waals surface area contributed by atoms with Gasteiger partial charge in [0.25, 0.3) is 0 Å². The molecule has 50 valence electrons. The Hall–Kier alpha value is -0.170. The van der Waals surface area contributed by atoms with E-state index >= 15 is 0 Å². The molecule has 0 fully saturated rings. The van der Waals surface area contributed by atoms with Crippen molar-refractivity contribution in [3.05, 3.63) is 0 Å². The molecule has 0 saturated carbocycles. The third-order valence-electron chi connectivity index (χ3n) is 0.252. The SMILES string of the molecule is CCOOS(=O)(=O)O. The van der Waals surface area contributed by atoms with Crippen molar-refractivity contribution in [1.82, 2.24) is 0 Å². The van der Waals surface area contributed by atoms with E-state index in [2.05, 4.69) is 9.22 Å². The molecular weight excluding hydrogens is 136 g/mol. The molecule has 0 heterocycles. The molecule has 0 unspecified atom stereocenters. The molecule has 0 atom stereocenters. The van der Waals surface area contributed by atoms with Crippen molar-refractivity contribution in [1.29, 1.82) is 0 Å². The first kappa shape index (κ1) is 7.83. The van der Waals surface area contributed by atoms with E-state index in [1.807, 2.05) is 0 Å². The highest BCUT2D eigenvalue weighted by Gasteiger charge is 2.02. The fraction of sp³-hybridized carbons (Fsp3) is 1.00. The zero-order valence-corrected chi connectivity index (χ0v) is 5.01. The zero-order chi connectivity index (χ0) is 6.62. The van der Waals surface area contributed by atoms with Gasteiger partial charge in [-0.2, -0.15) is 8.42 Å². The molecular formula is C2H6O5S. The van der Waals surface area contributed by atoms with E-state index < -0.39 is 10.4 Å². The first-order valence-electron chi connectivity index (χ1n) is 1.85. The molecule has 0 aliphatic rings. The molecule has 6 heteroatoms. The molecule has 1 N–H and O–H groups in total. The molecule has 0 radical (unpaired) electrons. The summed E-state index contributed by atoms with van der Waals surface area (Å²) in [6, 6.07) is 0. The van der Waals surface area contributed by atoms with Gasteiger partial charge in [0.2, 0.25) is 0 Å². The first-order chi connectivity index (χ1) is 3.56. The first-order valence-corrected chi connectivity index (χ1v) is 3.21. The Bertz CT molecular complexity index is 135.